The number of hydrogen-bond acceptors (Lipinski definition) is 4. The van der Waals surface area contributed by atoms with Crippen molar-refractivity contribution < 1.29 is 13.2 Å². The van der Waals surface area contributed by atoms with Gasteiger partial charge in [0.25, 0.3) is 0 Å². The van der Waals surface area contributed by atoms with Gasteiger partial charge in [0.2, 0.25) is 0 Å². The van der Waals surface area contributed by atoms with Crippen LogP contribution in [-0.2, 0) is 16.4 Å². The molecule has 0 N–H and O–H groups in total. The van der Waals surface area contributed by atoms with Crippen molar-refractivity contribution in [1.82, 2.24) is 4.90 Å². The van der Waals surface area contributed by atoms with Gasteiger partial charge >= 0.3 is 0 Å². The molecule has 1 rings (SSSR count). The van der Waals surface area contributed by atoms with Crippen LogP contribution in [0.4, 0.5) is 0 Å². The van der Waals surface area contributed by atoms with E-state index < -0.39 is 9.84 Å². The maximum absolute atomic E-state index is 11.1. The van der Waals surface area contributed by atoms with E-state index in [4.69, 9.17) is 4.74 Å². The molecule has 0 unspecified atom stereocenters. The smallest absolute Gasteiger partial charge is 0.148 e. The Bertz CT molecular complexity index is 502. The summed E-state index contributed by atoms with van der Waals surface area (Å²) in [4.78, 5) is 1.96. The summed E-state index contributed by atoms with van der Waals surface area (Å²) in [6.07, 6.45) is 1.25. The lowest BCUT2D eigenvalue weighted by atomic mass is 10.2. The van der Waals surface area contributed by atoms with Crippen molar-refractivity contribution in [1.29, 1.82) is 0 Å². The lowest BCUT2D eigenvalue weighted by molar-refractivity contribution is 0.333. The van der Waals surface area contributed by atoms with E-state index in [1.54, 1.807) is 7.11 Å². The first-order valence-electron chi connectivity index (χ1n) is 5.50. The van der Waals surface area contributed by atoms with Gasteiger partial charge in [-0.3, -0.25) is 0 Å². The predicted octanol–water partition coefficient (Wildman–Crippen LogP) is 1.93. The highest BCUT2D eigenvalue weighted by Gasteiger charge is 2.09. The number of benzene rings is 1. The molecule has 0 saturated heterocycles. The van der Waals surface area contributed by atoms with Crippen LogP contribution in [0.2, 0.25) is 0 Å². The Kier molecular flexibility index (Phi) is 5.62. The molecule has 0 heterocycles. The fourth-order valence-corrected chi connectivity index (χ4v) is 2.61. The van der Waals surface area contributed by atoms with Crippen molar-refractivity contribution in [3.8, 4) is 5.75 Å². The van der Waals surface area contributed by atoms with Crippen LogP contribution in [-0.4, -0.2) is 46.0 Å². The zero-order chi connectivity index (χ0) is 13.8. The van der Waals surface area contributed by atoms with Crippen molar-refractivity contribution in [3.05, 3.63) is 28.2 Å². The van der Waals surface area contributed by atoms with Crippen molar-refractivity contribution in [2.24, 2.45) is 0 Å². The molecule has 0 fully saturated rings. The quantitative estimate of drug-likeness (QED) is 0.796. The molecule has 18 heavy (non-hydrogen) atoms. The highest BCUT2D eigenvalue weighted by atomic mass is 79.9. The number of rotatable bonds is 6. The number of halogens is 1. The molecule has 1 aromatic rings. The van der Waals surface area contributed by atoms with Crippen molar-refractivity contribution >= 4 is 25.8 Å². The first-order valence-corrected chi connectivity index (χ1v) is 8.36. The molecule has 6 heteroatoms. The van der Waals surface area contributed by atoms with Crippen LogP contribution >= 0.6 is 15.9 Å². The molecular formula is C12H18BrNO3S. The number of nitrogens with zero attached hydrogens (tertiary/aromatic N) is 1. The molecule has 0 aromatic heterocycles. The largest absolute Gasteiger partial charge is 0.496 e. The van der Waals surface area contributed by atoms with Gasteiger partial charge in [0.1, 0.15) is 15.6 Å². The molecule has 102 valence electrons. The van der Waals surface area contributed by atoms with Gasteiger partial charge in [0, 0.05) is 29.4 Å². The molecule has 0 atom stereocenters. The van der Waals surface area contributed by atoms with Gasteiger partial charge in [-0.05, 0) is 25.2 Å². The van der Waals surface area contributed by atoms with Crippen LogP contribution in [0.25, 0.3) is 0 Å². The van der Waals surface area contributed by atoms with Gasteiger partial charge < -0.3 is 9.64 Å². The van der Waals surface area contributed by atoms with Crippen LogP contribution in [0.1, 0.15) is 5.56 Å². The van der Waals surface area contributed by atoms with E-state index in [0.29, 0.717) is 13.1 Å². The van der Waals surface area contributed by atoms with E-state index >= 15 is 0 Å². The standard InChI is InChI=1S/C12H18BrNO3S/c1-14(6-7-18(3,15)16)9-10-8-11(13)4-5-12(10)17-2/h4-5,8H,6-7,9H2,1-3H3. The van der Waals surface area contributed by atoms with E-state index in [-0.39, 0.29) is 5.75 Å². The zero-order valence-corrected chi connectivity index (χ0v) is 13.2. The van der Waals surface area contributed by atoms with Gasteiger partial charge in [-0.1, -0.05) is 15.9 Å². The second-order valence-electron chi connectivity index (χ2n) is 4.32. The Morgan fingerprint density at radius 1 is 1.39 bits per heavy atom. The van der Waals surface area contributed by atoms with Crippen LogP contribution in [0.5, 0.6) is 5.75 Å². The molecule has 4 nitrogen and oxygen atoms in total. The van der Waals surface area contributed by atoms with E-state index in [2.05, 4.69) is 15.9 Å². The van der Waals surface area contributed by atoms with Crippen LogP contribution < -0.4 is 4.74 Å². The van der Waals surface area contributed by atoms with E-state index in [0.717, 1.165) is 15.8 Å². The number of sulfone groups is 1. The van der Waals surface area contributed by atoms with Crippen LogP contribution in [0, 0.1) is 0 Å². The van der Waals surface area contributed by atoms with Gasteiger partial charge in [-0.2, -0.15) is 0 Å². The number of ether oxygens (including phenoxy) is 1. The topological polar surface area (TPSA) is 46.6 Å². The highest BCUT2D eigenvalue weighted by molar-refractivity contribution is 9.10. The summed E-state index contributed by atoms with van der Waals surface area (Å²) in [5.74, 6) is 0.976. The minimum atomic E-state index is -2.92. The summed E-state index contributed by atoms with van der Waals surface area (Å²) in [6.45, 7) is 1.16. The van der Waals surface area contributed by atoms with Gasteiger partial charge in [0.15, 0.2) is 0 Å². The molecule has 0 radical (unpaired) electrons. The average molecular weight is 336 g/mol. The van der Waals surface area contributed by atoms with Crippen molar-refractivity contribution in [2.45, 2.75) is 6.54 Å². The normalized spacial score (nSPS) is 11.8. The summed E-state index contributed by atoms with van der Waals surface area (Å²) in [5, 5.41) is 0. The number of hydrogen-bond donors (Lipinski definition) is 0. The summed E-state index contributed by atoms with van der Waals surface area (Å²) in [6, 6.07) is 5.79. The van der Waals surface area contributed by atoms with Crippen molar-refractivity contribution in [2.75, 3.05) is 32.7 Å². The van der Waals surface area contributed by atoms with E-state index in [1.807, 2.05) is 30.1 Å². The maximum atomic E-state index is 11.1. The Morgan fingerprint density at radius 3 is 2.61 bits per heavy atom. The molecule has 0 saturated carbocycles. The molecule has 0 amide bonds. The Hall–Kier alpha value is -0.590. The van der Waals surface area contributed by atoms with Gasteiger partial charge in [-0.15, -0.1) is 0 Å². The lowest BCUT2D eigenvalue weighted by Crippen LogP contribution is -2.25. The third kappa shape index (κ3) is 5.37. The van der Waals surface area contributed by atoms with E-state index in [9.17, 15) is 8.42 Å². The highest BCUT2D eigenvalue weighted by Crippen LogP contribution is 2.23. The SMILES string of the molecule is COc1ccc(Br)cc1CN(C)CCS(C)(=O)=O. The zero-order valence-electron chi connectivity index (χ0n) is 10.8. The summed E-state index contributed by atoms with van der Waals surface area (Å²) < 4.78 is 28.5. The second-order valence-corrected chi connectivity index (χ2v) is 7.50. The summed E-state index contributed by atoms with van der Waals surface area (Å²) in [5.41, 5.74) is 1.03. The summed E-state index contributed by atoms with van der Waals surface area (Å²) in [7, 11) is 0.605. The fourth-order valence-electron chi connectivity index (χ4n) is 1.56. The second kappa shape index (κ2) is 6.54. The van der Waals surface area contributed by atoms with Crippen LogP contribution in [0.15, 0.2) is 22.7 Å². The average Bonchev–Trinajstić information content (AvgIpc) is 2.26. The van der Waals surface area contributed by atoms with Crippen molar-refractivity contribution in [3.63, 3.8) is 0 Å². The molecule has 0 aliphatic heterocycles. The lowest BCUT2D eigenvalue weighted by Gasteiger charge is -2.18. The first-order chi connectivity index (χ1) is 8.31. The minimum Gasteiger partial charge on any atom is -0.496 e. The third-order valence-corrected chi connectivity index (χ3v) is 3.94. The van der Waals surface area contributed by atoms with Gasteiger partial charge in [0.05, 0.1) is 12.9 Å². The van der Waals surface area contributed by atoms with E-state index in [1.165, 1.54) is 6.26 Å². The number of methoxy groups -OCH3 is 1. The molecule has 0 bridgehead atoms. The molecule has 1 aromatic carbocycles. The Labute approximate surface area is 117 Å². The first kappa shape index (κ1) is 15.5. The Morgan fingerprint density at radius 2 is 2.06 bits per heavy atom. The molecule has 0 aliphatic rings. The molecule has 0 aliphatic carbocycles. The molecule has 0 spiro atoms. The van der Waals surface area contributed by atoms with Crippen LogP contribution in [0.3, 0.4) is 0 Å². The maximum Gasteiger partial charge on any atom is 0.148 e. The van der Waals surface area contributed by atoms with Gasteiger partial charge in [-0.25, -0.2) is 8.42 Å². The fraction of sp³-hybridized carbons (Fsp3) is 0.500. The predicted molar refractivity (Wildman–Crippen MR) is 76.7 cm³/mol. The molecular weight excluding hydrogens is 318 g/mol. The Balaban J connectivity index is 2.69. The third-order valence-electron chi connectivity index (χ3n) is 2.53. The minimum absolute atomic E-state index is 0.166. The monoisotopic (exact) mass is 335 g/mol. The summed E-state index contributed by atoms with van der Waals surface area (Å²) >= 11 is 3.42.